The maximum atomic E-state index is 13.0. The van der Waals surface area contributed by atoms with Crippen LogP contribution in [0, 0.1) is 0 Å². The molecular formula is C14H21FN2O. The Balaban J connectivity index is 1.74. The Labute approximate surface area is 108 Å². The van der Waals surface area contributed by atoms with Gasteiger partial charge in [0, 0.05) is 19.6 Å². The minimum Gasteiger partial charge on any atom is -0.492 e. The number of rotatable bonds is 6. The highest BCUT2D eigenvalue weighted by Gasteiger charge is 2.20. The van der Waals surface area contributed by atoms with Gasteiger partial charge in [-0.15, -0.1) is 0 Å². The standard InChI is InChI=1S/C14H21FN2O/c15-13-5-7-17(11-13)8-9-18-14-3-1-2-12(10-14)4-6-16/h1-3,10,13H,4-9,11,16H2/t13-/m1/s1. The molecule has 0 aromatic heterocycles. The van der Waals surface area contributed by atoms with Gasteiger partial charge >= 0.3 is 0 Å². The van der Waals surface area contributed by atoms with Crippen LogP contribution in [0.2, 0.25) is 0 Å². The molecule has 1 aliphatic heterocycles. The second-order valence-corrected chi connectivity index (χ2v) is 4.72. The van der Waals surface area contributed by atoms with Crippen molar-refractivity contribution in [2.45, 2.75) is 19.0 Å². The normalized spacial score (nSPS) is 20.2. The van der Waals surface area contributed by atoms with E-state index < -0.39 is 6.17 Å². The van der Waals surface area contributed by atoms with Crippen LogP contribution in [0.1, 0.15) is 12.0 Å². The Kier molecular flexibility index (Phi) is 4.96. The van der Waals surface area contributed by atoms with Crippen LogP contribution in [-0.4, -0.2) is 43.9 Å². The summed E-state index contributed by atoms with van der Waals surface area (Å²) in [5.41, 5.74) is 6.72. The molecule has 1 saturated heterocycles. The number of nitrogens with two attached hydrogens (primary N) is 1. The van der Waals surface area contributed by atoms with E-state index in [0.717, 1.165) is 25.3 Å². The van der Waals surface area contributed by atoms with Crippen molar-refractivity contribution >= 4 is 0 Å². The SMILES string of the molecule is NCCc1cccc(OCCN2CC[C@@H](F)C2)c1. The lowest BCUT2D eigenvalue weighted by molar-refractivity contribution is 0.224. The third-order valence-corrected chi connectivity index (χ3v) is 3.22. The molecule has 3 nitrogen and oxygen atoms in total. The number of ether oxygens (including phenoxy) is 1. The van der Waals surface area contributed by atoms with Gasteiger partial charge in [0.25, 0.3) is 0 Å². The van der Waals surface area contributed by atoms with Gasteiger partial charge in [-0.3, -0.25) is 4.90 Å². The van der Waals surface area contributed by atoms with Crippen LogP contribution in [-0.2, 0) is 6.42 Å². The van der Waals surface area contributed by atoms with Crippen LogP contribution in [0.25, 0.3) is 0 Å². The minimum absolute atomic E-state index is 0.552. The maximum absolute atomic E-state index is 13.0. The van der Waals surface area contributed by atoms with Gasteiger partial charge in [-0.25, -0.2) is 4.39 Å². The van der Waals surface area contributed by atoms with Crippen molar-refractivity contribution in [2.75, 3.05) is 32.8 Å². The molecule has 1 atom stereocenters. The molecule has 100 valence electrons. The van der Waals surface area contributed by atoms with E-state index in [1.807, 2.05) is 24.3 Å². The fourth-order valence-corrected chi connectivity index (χ4v) is 2.24. The summed E-state index contributed by atoms with van der Waals surface area (Å²) < 4.78 is 18.7. The van der Waals surface area contributed by atoms with Gasteiger partial charge in [-0.1, -0.05) is 12.1 Å². The average Bonchev–Trinajstić information content (AvgIpc) is 2.76. The summed E-state index contributed by atoms with van der Waals surface area (Å²) in [7, 11) is 0. The summed E-state index contributed by atoms with van der Waals surface area (Å²) in [6.45, 7) is 3.45. The van der Waals surface area contributed by atoms with Crippen LogP contribution in [0.15, 0.2) is 24.3 Å². The van der Waals surface area contributed by atoms with Crippen LogP contribution in [0.4, 0.5) is 4.39 Å². The number of hydrogen-bond donors (Lipinski definition) is 1. The third-order valence-electron chi connectivity index (χ3n) is 3.22. The first-order valence-electron chi connectivity index (χ1n) is 6.56. The Morgan fingerprint density at radius 3 is 3.06 bits per heavy atom. The first-order valence-corrected chi connectivity index (χ1v) is 6.56. The predicted octanol–water partition coefficient (Wildman–Crippen LogP) is 1.61. The maximum Gasteiger partial charge on any atom is 0.119 e. The van der Waals surface area contributed by atoms with Crippen LogP contribution in [0.5, 0.6) is 5.75 Å². The van der Waals surface area contributed by atoms with Crippen molar-refractivity contribution < 1.29 is 9.13 Å². The molecule has 1 heterocycles. The predicted molar refractivity (Wildman–Crippen MR) is 70.6 cm³/mol. The zero-order valence-electron chi connectivity index (χ0n) is 10.6. The lowest BCUT2D eigenvalue weighted by Crippen LogP contribution is -2.26. The summed E-state index contributed by atoms with van der Waals surface area (Å²) >= 11 is 0. The molecule has 1 fully saturated rings. The molecule has 0 radical (unpaired) electrons. The van der Waals surface area contributed by atoms with Gasteiger partial charge in [0.2, 0.25) is 0 Å². The molecule has 0 aliphatic carbocycles. The van der Waals surface area contributed by atoms with Crippen LogP contribution < -0.4 is 10.5 Å². The molecule has 2 rings (SSSR count). The highest BCUT2D eigenvalue weighted by molar-refractivity contribution is 5.28. The quantitative estimate of drug-likeness (QED) is 0.836. The highest BCUT2D eigenvalue weighted by Crippen LogP contribution is 2.15. The molecule has 18 heavy (non-hydrogen) atoms. The van der Waals surface area contributed by atoms with Gasteiger partial charge in [-0.2, -0.15) is 0 Å². The van der Waals surface area contributed by atoms with E-state index in [2.05, 4.69) is 4.90 Å². The van der Waals surface area contributed by atoms with E-state index in [-0.39, 0.29) is 0 Å². The van der Waals surface area contributed by atoms with E-state index in [9.17, 15) is 4.39 Å². The van der Waals surface area contributed by atoms with E-state index >= 15 is 0 Å². The van der Waals surface area contributed by atoms with Gasteiger partial charge in [0.05, 0.1) is 0 Å². The Morgan fingerprint density at radius 1 is 1.44 bits per heavy atom. The third kappa shape index (κ3) is 3.96. The molecule has 4 heteroatoms. The van der Waals surface area contributed by atoms with E-state index in [4.69, 9.17) is 10.5 Å². The smallest absolute Gasteiger partial charge is 0.119 e. The van der Waals surface area contributed by atoms with Crippen molar-refractivity contribution in [1.82, 2.24) is 4.90 Å². The Bertz CT molecular complexity index is 373. The number of alkyl halides is 1. The summed E-state index contributed by atoms with van der Waals surface area (Å²) in [4.78, 5) is 2.11. The summed E-state index contributed by atoms with van der Waals surface area (Å²) in [5, 5.41) is 0. The summed E-state index contributed by atoms with van der Waals surface area (Å²) in [6, 6.07) is 8.00. The number of hydrogen-bond acceptors (Lipinski definition) is 3. The van der Waals surface area contributed by atoms with E-state index in [1.54, 1.807) is 0 Å². The molecule has 0 saturated carbocycles. The number of nitrogens with zero attached hydrogens (tertiary/aromatic N) is 1. The second kappa shape index (κ2) is 6.71. The van der Waals surface area contributed by atoms with Crippen molar-refractivity contribution in [3.63, 3.8) is 0 Å². The molecule has 0 bridgehead atoms. The highest BCUT2D eigenvalue weighted by atomic mass is 19.1. The molecule has 0 amide bonds. The van der Waals surface area contributed by atoms with E-state index in [1.165, 1.54) is 5.56 Å². The summed E-state index contributed by atoms with van der Waals surface area (Å²) in [5.74, 6) is 0.872. The van der Waals surface area contributed by atoms with Crippen molar-refractivity contribution in [3.8, 4) is 5.75 Å². The first-order chi connectivity index (χ1) is 8.78. The van der Waals surface area contributed by atoms with Gasteiger partial charge < -0.3 is 10.5 Å². The molecular weight excluding hydrogens is 231 g/mol. The molecule has 0 spiro atoms. The Hall–Kier alpha value is -1.13. The molecule has 1 aliphatic rings. The fourth-order valence-electron chi connectivity index (χ4n) is 2.24. The summed E-state index contributed by atoms with van der Waals surface area (Å²) in [6.07, 6.45) is 0.872. The van der Waals surface area contributed by atoms with Gasteiger partial charge in [-0.05, 0) is 37.1 Å². The monoisotopic (exact) mass is 252 g/mol. The number of benzene rings is 1. The minimum atomic E-state index is -0.655. The lowest BCUT2D eigenvalue weighted by Gasteiger charge is -2.15. The topological polar surface area (TPSA) is 38.5 Å². The van der Waals surface area contributed by atoms with E-state index in [0.29, 0.717) is 26.1 Å². The zero-order chi connectivity index (χ0) is 12.8. The molecule has 0 unspecified atom stereocenters. The molecule has 1 aromatic rings. The van der Waals surface area contributed by atoms with Crippen LogP contribution >= 0.6 is 0 Å². The largest absolute Gasteiger partial charge is 0.492 e. The van der Waals surface area contributed by atoms with Crippen LogP contribution in [0.3, 0.4) is 0 Å². The number of likely N-dealkylation sites (tertiary alicyclic amines) is 1. The van der Waals surface area contributed by atoms with Crippen molar-refractivity contribution in [2.24, 2.45) is 5.73 Å². The lowest BCUT2D eigenvalue weighted by atomic mass is 10.1. The van der Waals surface area contributed by atoms with Crippen molar-refractivity contribution in [1.29, 1.82) is 0 Å². The fraction of sp³-hybridized carbons (Fsp3) is 0.571. The molecule has 2 N–H and O–H groups in total. The second-order valence-electron chi connectivity index (χ2n) is 4.72. The van der Waals surface area contributed by atoms with Gasteiger partial charge in [0.1, 0.15) is 18.5 Å². The Morgan fingerprint density at radius 2 is 2.33 bits per heavy atom. The average molecular weight is 252 g/mol. The zero-order valence-corrected chi connectivity index (χ0v) is 10.6. The molecule has 1 aromatic carbocycles. The van der Waals surface area contributed by atoms with Gasteiger partial charge in [0.15, 0.2) is 0 Å². The van der Waals surface area contributed by atoms with Crippen molar-refractivity contribution in [3.05, 3.63) is 29.8 Å². The first kappa shape index (κ1) is 13.3. The number of halogens is 1.